The number of pyridine rings is 1. The summed E-state index contributed by atoms with van der Waals surface area (Å²) in [4.78, 5) is 6.75. The van der Waals surface area contributed by atoms with E-state index in [-0.39, 0.29) is 0 Å². The Kier molecular flexibility index (Phi) is 3.92. The van der Waals surface area contributed by atoms with Gasteiger partial charge in [0.15, 0.2) is 0 Å². The summed E-state index contributed by atoms with van der Waals surface area (Å²) in [5.41, 5.74) is 2.43. The number of hydrogen-bond acceptors (Lipinski definition) is 3. The van der Waals surface area contributed by atoms with E-state index in [1.165, 1.54) is 0 Å². The van der Waals surface area contributed by atoms with Crippen LogP contribution in [-0.4, -0.2) is 18.1 Å². The van der Waals surface area contributed by atoms with Gasteiger partial charge in [-0.2, -0.15) is 5.26 Å². The van der Waals surface area contributed by atoms with Crippen molar-refractivity contribution in [2.45, 2.75) is 20.8 Å². The summed E-state index contributed by atoms with van der Waals surface area (Å²) in [6, 6.07) is 7.88. The van der Waals surface area contributed by atoms with Gasteiger partial charge in [-0.05, 0) is 38.5 Å². The number of fused-ring (bicyclic) bond motifs is 1. The molecular formula is C15H16ClN3. The standard InChI is InChI=1S/C15H16ClN3/c1-4-19(5-2)15-12(9-17)8-11-6-7-13(16)10(3)14(11)18-15/h6-8H,4-5H2,1-3H3. The minimum Gasteiger partial charge on any atom is -0.356 e. The molecule has 3 nitrogen and oxygen atoms in total. The van der Waals surface area contributed by atoms with Gasteiger partial charge in [-0.15, -0.1) is 0 Å². The molecule has 1 heterocycles. The number of halogens is 1. The van der Waals surface area contributed by atoms with Gasteiger partial charge in [0.25, 0.3) is 0 Å². The predicted molar refractivity (Wildman–Crippen MR) is 79.8 cm³/mol. The van der Waals surface area contributed by atoms with Crippen LogP contribution < -0.4 is 4.90 Å². The van der Waals surface area contributed by atoms with Crippen LogP contribution in [0.25, 0.3) is 10.9 Å². The number of rotatable bonds is 3. The predicted octanol–water partition coefficient (Wildman–Crippen LogP) is 3.91. The zero-order valence-corrected chi connectivity index (χ0v) is 12.1. The van der Waals surface area contributed by atoms with Gasteiger partial charge in [-0.3, -0.25) is 0 Å². The molecule has 0 saturated carbocycles. The molecule has 0 aliphatic heterocycles. The number of nitriles is 1. The summed E-state index contributed by atoms with van der Waals surface area (Å²) in [6.45, 7) is 7.71. The third kappa shape index (κ3) is 2.36. The van der Waals surface area contributed by atoms with Crippen LogP contribution in [0.3, 0.4) is 0 Å². The normalized spacial score (nSPS) is 10.5. The van der Waals surface area contributed by atoms with E-state index in [0.717, 1.165) is 35.4 Å². The molecule has 0 N–H and O–H groups in total. The Bertz CT molecular complexity index is 654. The molecule has 1 aromatic carbocycles. The molecule has 4 heteroatoms. The Hall–Kier alpha value is -1.79. The SMILES string of the molecule is CCN(CC)c1nc2c(C)c(Cl)ccc2cc1C#N. The highest BCUT2D eigenvalue weighted by atomic mass is 35.5. The van der Waals surface area contributed by atoms with Gasteiger partial charge in [0.1, 0.15) is 11.9 Å². The summed E-state index contributed by atoms with van der Waals surface area (Å²) >= 11 is 6.14. The average Bonchev–Trinajstić information content (AvgIpc) is 2.44. The third-order valence-electron chi connectivity index (χ3n) is 3.34. The van der Waals surface area contributed by atoms with Crippen molar-refractivity contribution in [3.63, 3.8) is 0 Å². The smallest absolute Gasteiger partial charge is 0.147 e. The first-order chi connectivity index (χ1) is 9.12. The van der Waals surface area contributed by atoms with Crippen molar-refractivity contribution in [2.24, 2.45) is 0 Å². The van der Waals surface area contributed by atoms with Crippen molar-refractivity contribution in [1.82, 2.24) is 4.98 Å². The van der Waals surface area contributed by atoms with Gasteiger partial charge in [0.05, 0.1) is 11.1 Å². The van der Waals surface area contributed by atoms with E-state index in [1.807, 2.05) is 25.1 Å². The van der Waals surface area contributed by atoms with Crippen LogP contribution in [0.2, 0.25) is 5.02 Å². The first-order valence-corrected chi connectivity index (χ1v) is 6.75. The number of nitrogens with zero attached hydrogens (tertiary/aromatic N) is 3. The minimum absolute atomic E-state index is 0.609. The molecule has 0 radical (unpaired) electrons. The average molecular weight is 274 g/mol. The second-order valence-corrected chi connectivity index (χ2v) is 4.79. The van der Waals surface area contributed by atoms with Crippen LogP contribution in [0, 0.1) is 18.3 Å². The molecule has 2 aromatic rings. The molecule has 0 aliphatic rings. The first kappa shape index (κ1) is 13.6. The van der Waals surface area contributed by atoms with E-state index >= 15 is 0 Å². The van der Waals surface area contributed by atoms with Gasteiger partial charge in [0.2, 0.25) is 0 Å². The largest absolute Gasteiger partial charge is 0.356 e. The number of aryl methyl sites for hydroxylation is 1. The molecule has 98 valence electrons. The van der Waals surface area contributed by atoms with Crippen LogP contribution in [0.15, 0.2) is 18.2 Å². The number of hydrogen-bond donors (Lipinski definition) is 0. The molecule has 19 heavy (non-hydrogen) atoms. The maximum absolute atomic E-state index is 9.30. The van der Waals surface area contributed by atoms with Crippen molar-refractivity contribution in [2.75, 3.05) is 18.0 Å². The molecule has 0 fully saturated rings. The van der Waals surface area contributed by atoms with Crippen LogP contribution >= 0.6 is 11.6 Å². The molecule has 0 spiro atoms. The molecule has 0 saturated heterocycles. The quantitative estimate of drug-likeness (QED) is 0.851. The van der Waals surface area contributed by atoms with E-state index in [0.29, 0.717) is 10.6 Å². The van der Waals surface area contributed by atoms with Crippen molar-refractivity contribution >= 4 is 28.3 Å². The molecule has 0 amide bonds. The minimum atomic E-state index is 0.609. The summed E-state index contributed by atoms with van der Waals surface area (Å²) in [7, 11) is 0. The van der Waals surface area contributed by atoms with Gasteiger partial charge in [0, 0.05) is 23.5 Å². The molecule has 0 unspecified atom stereocenters. The van der Waals surface area contributed by atoms with E-state index in [9.17, 15) is 5.26 Å². The molecular weight excluding hydrogens is 258 g/mol. The lowest BCUT2D eigenvalue weighted by molar-refractivity contribution is 0.847. The molecule has 2 rings (SSSR count). The molecule has 1 aromatic heterocycles. The topological polar surface area (TPSA) is 39.9 Å². The van der Waals surface area contributed by atoms with Crippen LogP contribution in [0.1, 0.15) is 25.0 Å². The highest BCUT2D eigenvalue weighted by molar-refractivity contribution is 6.32. The van der Waals surface area contributed by atoms with Gasteiger partial charge in [-0.1, -0.05) is 17.7 Å². The van der Waals surface area contributed by atoms with Crippen molar-refractivity contribution in [1.29, 1.82) is 5.26 Å². The number of anilines is 1. The zero-order chi connectivity index (χ0) is 14.0. The summed E-state index contributed by atoms with van der Waals surface area (Å²) in [6.07, 6.45) is 0. The molecule has 0 atom stereocenters. The number of benzene rings is 1. The lowest BCUT2D eigenvalue weighted by Crippen LogP contribution is -2.24. The van der Waals surface area contributed by atoms with E-state index < -0.39 is 0 Å². The number of aromatic nitrogens is 1. The maximum Gasteiger partial charge on any atom is 0.147 e. The van der Waals surface area contributed by atoms with Crippen molar-refractivity contribution in [3.05, 3.63) is 34.3 Å². The van der Waals surface area contributed by atoms with Gasteiger partial charge in [-0.25, -0.2) is 4.98 Å². The second kappa shape index (κ2) is 5.46. The zero-order valence-electron chi connectivity index (χ0n) is 11.4. The Morgan fingerprint density at radius 3 is 2.58 bits per heavy atom. The fraction of sp³-hybridized carbons (Fsp3) is 0.333. The van der Waals surface area contributed by atoms with E-state index in [2.05, 4.69) is 29.8 Å². The summed E-state index contributed by atoms with van der Waals surface area (Å²) < 4.78 is 0. The Morgan fingerprint density at radius 2 is 2.00 bits per heavy atom. The lowest BCUT2D eigenvalue weighted by Gasteiger charge is -2.21. The van der Waals surface area contributed by atoms with Crippen molar-refractivity contribution in [3.8, 4) is 6.07 Å². The Labute approximate surface area is 118 Å². The highest BCUT2D eigenvalue weighted by Gasteiger charge is 2.13. The lowest BCUT2D eigenvalue weighted by atomic mass is 10.1. The summed E-state index contributed by atoms with van der Waals surface area (Å²) in [5, 5.41) is 11.0. The highest BCUT2D eigenvalue weighted by Crippen LogP contribution is 2.28. The maximum atomic E-state index is 9.30. The third-order valence-corrected chi connectivity index (χ3v) is 3.75. The van der Waals surface area contributed by atoms with Gasteiger partial charge >= 0.3 is 0 Å². The van der Waals surface area contributed by atoms with E-state index in [4.69, 9.17) is 11.6 Å². The molecule has 0 aliphatic carbocycles. The van der Waals surface area contributed by atoms with E-state index in [1.54, 1.807) is 0 Å². The van der Waals surface area contributed by atoms with Crippen LogP contribution in [-0.2, 0) is 0 Å². The monoisotopic (exact) mass is 273 g/mol. The fourth-order valence-corrected chi connectivity index (χ4v) is 2.35. The van der Waals surface area contributed by atoms with Crippen LogP contribution in [0.5, 0.6) is 0 Å². The second-order valence-electron chi connectivity index (χ2n) is 4.39. The van der Waals surface area contributed by atoms with Crippen LogP contribution in [0.4, 0.5) is 5.82 Å². The van der Waals surface area contributed by atoms with Gasteiger partial charge < -0.3 is 4.90 Å². The van der Waals surface area contributed by atoms with Crippen molar-refractivity contribution < 1.29 is 0 Å². The summed E-state index contributed by atoms with van der Waals surface area (Å²) in [5.74, 6) is 0.741. The molecule has 0 bridgehead atoms. The Balaban J connectivity index is 2.76. The first-order valence-electron chi connectivity index (χ1n) is 6.37. The fourth-order valence-electron chi connectivity index (χ4n) is 2.19. The Morgan fingerprint density at radius 1 is 1.32 bits per heavy atom.